The van der Waals surface area contributed by atoms with Gasteiger partial charge in [-0.1, -0.05) is 37.6 Å². The number of unbranched alkanes of at least 4 members (excludes halogenated alkanes) is 1. The molecule has 0 unspecified atom stereocenters. The van der Waals surface area contributed by atoms with Crippen LogP contribution in [0.5, 0.6) is 5.75 Å². The van der Waals surface area contributed by atoms with Crippen molar-refractivity contribution < 1.29 is 9.53 Å². The molecular formula is C25H25N3O3S. The number of amides is 1. The van der Waals surface area contributed by atoms with Crippen molar-refractivity contribution in [3.63, 3.8) is 0 Å². The summed E-state index contributed by atoms with van der Waals surface area (Å²) >= 11 is 1.34. The van der Waals surface area contributed by atoms with E-state index >= 15 is 0 Å². The van der Waals surface area contributed by atoms with Crippen LogP contribution < -0.4 is 15.6 Å². The lowest BCUT2D eigenvalue weighted by molar-refractivity contribution is -0.116. The second kappa shape index (κ2) is 9.78. The van der Waals surface area contributed by atoms with E-state index in [0.29, 0.717) is 10.2 Å². The Morgan fingerprint density at radius 1 is 1.12 bits per heavy atom. The molecule has 4 aromatic rings. The van der Waals surface area contributed by atoms with Gasteiger partial charge in [0.05, 0.1) is 19.0 Å². The third kappa shape index (κ3) is 4.73. The van der Waals surface area contributed by atoms with Crippen molar-refractivity contribution in [3.8, 4) is 16.9 Å². The molecule has 1 N–H and O–H groups in total. The molecule has 0 aliphatic carbocycles. The number of nitrogens with one attached hydrogen (secondary N) is 1. The Labute approximate surface area is 190 Å². The zero-order chi connectivity index (χ0) is 22.5. The van der Waals surface area contributed by atoms with Crippen LogP contribution in [0.15, 0.2) is 65.0 Å². The molecule has 0 saturated heterocycles. The van der Waals surface area contributed by atoms with E-state index in [9.17, 15) is 9.59 Å². The van der Waals surface area contributed by atoms with Crippen molar-refractivity contribution in [2.75, 3.05) is 12.4 Å². The SMILES string of the molecule is CCCCc1ccc(NC(=O)Cn2cnc3c(-c4ccc(OC)cc4)csc3c2=O)cc1. The molecule has 1 amide bonds. The third-order valence-electron chi connectivity index (χ3n) is 5.32. The summed E-state index contributed by atoms with van der Waals surface area (Å²) in [5.74, 6) is 0.506. The maximum atomic E-state index is 12.9. The van der Waals surface area contributed by atoms with E-state index in [-0.39, 0.29) is 18.0 Å². The molecule has 4 rings (SSSR count). The molecule has 0 fully saturated rings. The molecule has 0 radical (unpaired) electrons. The quantitative estimate of drug-likeness (QED) is 0.407. The van der Waals surface area contributed by atoms with E-state index in [1.165, 1.54) is 27.8 Å². The number of hydrogen-bond acceptors (Lipinski definition) is 5. The molecular weight excluding hydrogens is 422 g/mol. The van der Waals surface area contributed by atoms with Crippen LogP contribution in [0.1, 0.15) is 25.3 Å². The highest BCUT2D eigenvalue weighted by molar-refractivity contribution is 7.17. The average Bonchev–Trinajstić information content (AvgIpc) is 3.25. The first kappa shape index (κ1) is 21.8. The number of thiophene rings is 1. The van der Waals surface area contributed by atoms with Crippen LogP contribution in [-0.4, -0.2) is 22.6 Å². The number of aryl methyl sites for hydroxylation is 1. The van der Waals surface area contributed by atoms with Gasteiger partial charge in [0.1, 0.15) is 17.0 Å². The highest BCUT2D eigenvalue weighted by atomic mass is 32.1. The monoisotopic (exact) mass is 447 g/mol. The molecule has 164 valence electrons. The maximum Gasteiger partial charge on any atom is 0.271 e. The number of ether oxygens (including phenoxy) is 1. The maximum absolute atomic E-state index is 12.9. The van der Waals surface area contributed by atoms with Gasteiger partial charge in [-0.2, -0.15) is 0 Å². The molecule has 2 aromatic carbocycles. The number of nitrogens with zero attached hydrogens (tertiary/aromatic N) is 2. The molecule has 32 heavy (non-hydrogen) atoms. The number of hydrogen-bond donors (Lipinski definition) is 1. The Balaban J connectivity index is 1.49. The van der Waals surface area contributed by atoms with Crippen molar-refractivity contribution >= 4 is 33.1 Å². The molecule has 0 aliphatic heterocycles. The molecule has 0 bridgehead atoms. The smallest absolute Gasteiger partial charge is 0.271 e. The van der Waals surface area contributed by atoms with E-state index in [0.717, 1.165) is 41.8 Å². The minimum Gasteiger partial charge on any atom is -0.497 e. The number of fused-ring (bicyclic) bond motifs is 1. The van der Waals surface area contributed by atoms with Gasteiger partial charge in [0, 0.05) is 16.6 Å². The Bertz CT molecular complexity index is 1270. The van der Waals surface area contributed by atoms with Crippen LogP contribution >= 0.6 is 11.3 Å². The van der Waals surface area contributed by atoms with E-state index in [1.54, 1.807) is 7.11 Å². The number of aromatic nitrogens is 2. The average molecular weight is 448 g/mol. The predicted octanol–water partition coefficient (Wildman–Crippen LogP) is 5.11. The first-order valence-electron chi connectivity index (χ1n) is 10.6. The van der Waals surface area contributed by atoms with Crippen LogP contribution in [0.4, 0.5) is 5.69 Å². The standard InChI is InChI=1S/C25H25N3O3S/c1-3-4-5-17-6-10-19(11-7-17)27-22(29)14-28-16-26-23-21(15-32-24(23)25(28)30)18-8-12-20(31-2)13-9-18/h6-13,15-16H,3-5,14H2,1-2H3,(H,27,29). The molecule has 0 aliphatic rings. The Hall–Kier alpha value is -3.45. The van der Waals surface area contributed by atoms with Crippen molar-refractivity contribution in [2.24, 2.45) is 0 Å². The summed E-state index contributed by atoms with van der Waals surface area (Å²) in [5, 5.41) is 4.78. The van der Waals surface area contributed by atoms with Gasteiger partial charge in [-0.05, 0) is 48.2 Å². The summed E-state index contributed by atoms with van der Waals surface area (Å²) in [6.07, 6.45) is 4.77. The minimum absolute atomic E-state index is 0.0882. The van der Waals surface area contributed by atoms with Gasteiger partial charge < -0.3 is 10.1 Å². The molecule has 6 nitrogen and oxygen atoms in total. The van der Waals surface area contributed by atoms with E-state index in [2.05, 4.69) is 17.2 Å². The Morgan fingerprint density at radius 3 is 2.56 bits per heavy atom. The Morgan fingerprint density at radius 2 is 1.88 bits per heavy atom. The summed E-state index contributed by atoms with van der Waals surface area (Å²) in [4.78, 5) is 29.9. The van der Waals surface area contributed by atoms with Gasteiger partial charge in [0.2, 0.25) is 5.91 Å². The van der Waals surface area contributed by atoms with Crippen LogP contribution in [0.25, 0.3) is 21.3 Å². The minimum atomic E-state index is -0.263. The van der Waals surface area contributed by atoms with Crippen molar-refractivity contribution in [2.45, 2.75) is 32.7 Å². The molecule has 0 saturated carbocycles. The lowest BCUT2D eigenvalue weighted by Crippen LogP contribution is -2.27. The van der Waals surface area contributed by atoms with E-state index in [1.807, 2.05) is 53.9 Å². The van der Waals surface area contributed by atoms with Crippen molar-refractivity contribution in [1.82, 2.24) is 9.55 Å². The first-order chi connectivity index (χ1) is 15.6. The number of carbonyl (C=O) groups is 1. The number of methoxy groups -OCH3 is 1. The number of anilines is 1. The molecule has 7 heteroatoms. The lowest BCUT2D eigenvalue weighted by atomic mass is 10.1. The van der Waals surface area contributed by atoms with Gasteiger partial charge in [-0.15, -0.1) is 11.3 Å². The second-order valence-electron chi connectivity index (χ2n) is 7.58. The zero-order valence-corrected chi connectivity index (χ0v) is 18.9. The van der Waals surface area contributed by atoms with Crippen molar-refractivity contribution in [3.05, 3.63) is 76.2 Å². The second-order valence-corrected chi connectivity index (χ2v) is 8.46. The highest BCUT2D eigenvalue weighted by Gasteiger charge is 2.14. The van der Waals surface area contributed by atoms with Gasteiger partial charge in [-0.25, -0.2) is 4.98 Å². The summed E-state index contributed by atoms with van der Waals surface area (Å²) in [6.45, 7) is 2.08. The molecule has 2 aromatic heterocycles. The number of carbonyl (C=O) groups excluding carboxylic acids is 1. The third-order valence-corrected chi connectivity index (χ3v) is 6.28. The van der Waals surface area contributed by atoms with Crippen LogP contribution in [0.2, 0.25) is 0 Å². The summed E-state index contributed by atoms with van der Waals surface area (Å²) in [7, 11) is 1.62. The van der Waals surface area contributed by atoms with Gasteiger partial charge >= 0.3 is 0 Å². The molecule has 0 spiro atoms. The van der Waals surface area contributed by atoms with Crippen LogP contribution in [-0.2, 0) is 17.8 Å². The number of benzene rings is 2. The lowest BCUT2D eigenvalue weighted by Gasteiger charge is -2.08. The summed E-state index contributed by atoms with van der Waals surface area (Å²) in [5.41, 5.74) is 4.25. The van der Waals surface area contributed by atoms with Crippen LogP contribution in [0, 0.1) is 0 Å². The van der Waals surface area contributed by atoms with Gasteiger partial charge in [0.15, 0.2) is 0 Å². The van der Waals surface area contributed by atoms with Gasteiger partial charge in [-0.3, -0.25) is 14.2 Å². The Kier molecular flexibility index (Phi) is 6.66. The number of rotatable bonds is 8. The van der Waals surface area contributed by atoms with Crippen molar-refractivity contribution in [1.29, 1.82) is 0 Å². The predicted molar refractivity (Wildman–Crippen MR) is 130 cm³/mol. The molecule has 0 atom stereocenters. The fourth-order valence-electron chi connectivity index (χ4n) is 3.52. The van der Waals surface area contributed by atoms with Crippen LogP contribution in [0.3, 0.4) is 0 Å². The van der Waals surface area contributed by atoms with E-state index in [4.69, 9.17) is 4.74 Å². The topological polar surface area (TPSA) is 73.2 Å². The fourth-order valence-corrected chi connectivity index (χ4v) is 4.50. The highest BCUT2D eigenvalue weighted by Crippen LogP contribution is 2.31. The summed E-state index contributed by atoms with van der Waals surface area (Å²) in [6, 6.07) is 15.5. The largest absolute Gasteiger partial charge is 0.497 e. The zero-order valence-electron chi connectivity index (χ0n) is 18.1. The first-order valence-corrected chi connectivity index (χ1v) is 11.5. The van der Waals surface area contributed by atoms with E-state index < -0.39 is 0 Å². The fraction of sp³-hybridized carbons (Fsp3) is 0.240. The summed E-state index contributed by atoms with van der Waals surface area (Å²) < 4.78 is 7.09. The normalized spacial score (nSPS) is 10.9. The molecule has 2 heterocycles. The van der Waals surface area contributed by atoms with Gasteiger partial charge in [0.25, 0.3) is 5.56 Å².